The maximum absolute atomic E-state index is 11.3. The minimum Gasteiger partial charge on any atom is -0.459 e. The van der Waals surface area contributed by atoms with Crippen molar-refractivity contribution in [2.45, 2.75) is 77.4 Å². The van der Waals surface area contributed by atoms with Crippen LogP contribution in [0.4, 0.5) is 0 Å². The fourth-order valence-electron chi connectivity index (χ4n) is 3.84. The summed E-state index contributed by atoms with van der Waals surface area (Å²) in [6.07, 6.45) is 10.2. The van der Waals surface area contributed by atoms with Crippen molar-refractivity contribution in [1.29, 1.82) is 0 Å². The molecule has 0 heterocycles. The minimum atomic E-state index is -0.275. The quantitative estimate of drug-likeness (QED) is 0.434. The largest absolute Gasteiger partial charge is 0.459 e. The molecular formula is C19H30O5. The van der Waals surface area contributed by atoms with Crippen LogP contribution in [0.25, 0.3) is 0 Å². The number of esters is 2. The lowest BCUT2D eigenvalue weighted by molar-refractivity contribution is -0.157. The van der Waals surface area contributed by atoms with Crippen molar-refractivity contribution in [3.63, 3.8) is 0 Å². The Bertz CT molecular complexity index is 453. The van der Waals surface area contributed by atoms with E-state index in [2.05, 4.69) is 11.3 Å². The second kappa shape index (κ2) is 9.21. The summed E-state index contributed by atoms with van der Waals surface area (Å²) in [5.41, 5.74) is 0.516. The van der Waals surface area contributed by atoms with Crippen LogP contribution in [0.1, 0.15) is 65.2 Å². The highest BCUT2D eigenvalue weighted by molar-refractivity contribution is 5.87. The van der Waals surface area contributed by atoms with E-state index in [4.69, 9.17) is 9.47 Å². The summed E-state index contributed by atoms with van der Waals surface area (Å²) < 4.78 is 15.3. The van der Waals surface area contributed by atoms with E-state index in [9.17, 15) is 9.59 Å². The first-order valence-electron chi connectivity index (χ1n) is 9.07. The highest BCUT2D eigenvalue weighted by atomic mass is 16.7. The summed E-state index contributed by atoms with van der Waals surface area (Å²) in [6.45, 7) is 6.80. The Morgan fingerprint density at radius 3 is 2.25 bits per heavy atom. The van der Waals surface area contributed by atoms with E-state index in [0.717, 1.165) is 25.2 Å². The van der Waals surface area contributed by atoms with Gasteiger partial charge in [0.15, 0.2) is 6.79 Å². The van der Waals surface area contributed by atoms with Crippen molar-refractivity contribution >= 4 is 11.9 Å². The molecule has 5 nitrogen and oxygen atoms in total. The van der Waals surface area contributed by atoms with Gasteiger partial charge in [-0.25, -0.2) is 4.79 Å². The standard InChI is InChI=1S/C11H16O2.C8H14O3/c1-7(2)11(12)13-10-6-8-3-4-9(10)5-8;1-7(9)10-6-11-8-4-2-3-5-8/h8-10H,1,3-6H2,2H3;8H,2-6H2,1H3. The van der Waals surface area contributed by atoms with Crippen LogP contribution in [0.5, 0.6) is 0 Å². The molecule has 0 aromatic rings. The molecule has 3 fully saturated rings. The molecule has 3 rings (SSSR count). The highest BCUT2D eigenvalue weighted by Crippen LogP contribution is 2.45. The van der Waals surface area contributed by atoms with E-state index >= 15 is 0 Å². The normalized spacial score (nSPS) is 28.2. The minimum absolute atomic E-state index is 0.125. The molecule has 0 saturated heterocycles. The molecule has 24 heavy (non-hydrogen) atoms. The summed E-state index contributed by atoms with van der Waals surface area (Å²) in [7, 11) is 0. The molecule has 5 heteroatoms. The summed E-state index contributed by atoms with van der Waals surface area (Å²) >= 11 is 0. The molecule has 3 unspecified atom stereocenters. The van der Waals surface area contributed by atoms with E-state index in [1.54, 1.807) is 6.92 Å². The molecule has 3 aliphatic carbocycles. The van der Waals surface area contributed by atoms with Gasteiger partial charge in [0, 0.05) is 12.5 Å². The van der Waals surface area contributed by atoms with Gasteiger partial charge in [-0.2, -0.15) is 0 Å². The van der Waals surface area contributed by atoms with Crippen LogP contribution in [0.15, 0.2) is 12.2 Å². The van der Waals surface area contributed by atoms with Gasteiger partial charge in [-0.05, 0) is 57.3 Å². The molecular weight excluding hydrogens is 308 g/mol. The Labute approximate surface area is 144 Å². The lowest BCUT2D eigenvalue weighted by Crippen LogP contribution is -2.24. The van der Waals surface area contributed by atoms with Crippen molar-refractivity contribution < 1.29 is 23.8 Å². The number of carbonyl (C=O) groups is 2. The maximum atomic E-state index is 11.3. The predicted octanol–water partition coefficient (Wildman–Crippen LogP) is 3.76. The number of carbonyl (C=O) groups excluding carboxylic acids is 2. The van der Waals surface area contributed by atoms with Crippen molar-refractivity contribution in [3.8, 4) is 0 Å². The van der Waals surface area contributed by atoms with Crippen molar-refractivity contribution in [3.05, 3.63) is 12.2 Å². The highest BCUT2D eigenvalue weighted by Gasteiger charge is 2.41. The second-order valence-electron chi connectivity index (χ2n) is 7.23. The van der Waals surface area contributed by atoms with E-state index in [1.165, 1.54) is 39.0 Å². The first-order valence-corrected chi connectivity index (χ1v) is 9.07. The van der Waals surface area contributed by atoms with Gasteiger partial charge < -0.3 is 14.2 Å². The third-order valence-electron chi connectivity index (χ3n) is 5.15. The zero-order valence-electron chi connectivity index (χ0n) is 14.9. The average molecular weight is 338 g/mol. The van der Waals surface area contributed by atoms with Crippen LogP contribution in [-0.4, -0.2) is 30.9 Å². The Balaban J connectivity index is 0.000000177. The monoisotopic (exact) mass is 338 g/mol. The molecule has 0 amide bonds. The predicted molar refractivity (Wildman–Crippen MR) is 90.1 cm³/mol. The Morgan fingerprint density at radius 2 is 1.75 bits per heavy atom. The van der Waals surface area contributed by atoms with Crippen LogP contribution < -0.4 is 0 Å². The number of ether oxygens (including phenoxy) is 3. The molecule has 3 saturated carbocycles. The van der Waals surface area contributed by atoms with Crippen molar-refractivity contribution in [2.75, 3.05) is 6.79 Å². The smallest absolute Gasteiger partial charge is 0.333 e. The van der Waals surface area contributed by atoms with Crippen LogP contribution >= 0.6 is 0 Å². The van der Waals surface area contributed by atoms with Crippen LogP contribution in [0.2, 0.25) is 0 Å². The van der Waals surface area contributed by atoms with Gasteiger partial charge in [0.1, 0.15) is 6.10 Å². The van der Waals surface area contributed by atoms with Crippen molar-refractivity contribution in [1.82, 2.24) is 0 Å². The fourth-order valence-corrected chi connectivity index (χ4v) is 3.84. The summed E-state index contributed by atoms with van der Waals surface area (Å²) in [4.78, 5) is 21.6. The molecule has 3 aliphatic rings. The van der Waals surface area contributed by atoms with Gasteiger partial charge in [0.05, 0.1) is 6.10 Å². The number of hydrogen-bond acceptors (Lipinski definition) is 5. The van der Waals surface area contributed by atoms with Crippen LogP contribution in [-0.2, 0) is 23.8 Å². The summed E-state index contributed by atoms with van der Waals surface area (Å²) in [5.74, 6) is 0.988. The lowest BCUT2D eigenvalue weighted by atomic mass is 9.98. The van der Waals surface area contributed by atoms with Gasteiger partial charge >= 0.3 is 11.9 Å². The molecule has 0 aromatic carbocycles. The van der Waals surface area contributed by atoms with Crippen LogP contribution in [0, 0.1) is 11.8 Å². The third-order valence-corrected chi connectivity index (χ3v) is 5.15. The number of rotatable bonds is 5. The SMILES string of the molecule is C=C(C)C(=O)OC1CC2CCC1C2.CC(=O)OCOC1CCCC1. The first kappa shape index (κ1) is 19.0. The Morgan fingerprint density at radius 1 is 1.04 bits per heavy atom. The van der Waals surface area contributed by atoms with Crippen molar-refractivity contribution in [2.24, 2.45) is 11.8 Å². The molecule has 0 spiro atoms. The van der Waals surface area contributed by atoms with Gasteiger partial charge in [-0.3, -0.25) is 4.79 Å². The third kappa shape index (κ3) is 5.93. The zero-order valence-corrected chi connectivity index (χ0v) is 14.9. The van der Waals surface area contributed by atoms with Crippen LogP contribution in [0.3, 0.4) is 0 Å². The summed E-state index contributed by atoms with van der Waals surface area (Å²) in [6, 6.07) is 0. The van der Waals surface area contributed by atoms with Gasteiger partial charge in [-0.1, -0.05) is 19.4 Å². The Hall–Kier alpha value is -1.36. The van der Waals surface area contributed by atoms with E-state index in [1.807, 2.05) is 0 Å². The van der Waals surface area contributed by atoms with E-state index in [0.29, 0.717) is 17.6 Å². The average Bonchev–Trinajstić information content (AvgIpc) is 3.24. The molecule has 0 aromatic heterocycles. The number of hydrogen-bond donors (Lipinski definition) is 0. The Kier molecular flexibility index (Phi) is 7.28. The van der Waals surface area contributed by atoms with Gasteiger partial charge in [0.2, 0.25) is 0 Å². The summed E-state index contributed by atoms with van der Waals surface area (Å²) in [5, 5.41) is 0. The molecule has 3 atom stereocenters. The molecule has 2 bridgehead atoms. The molecule has 136 valence electrons. The first-order chi connectivity index (χ1) is 11.5. The van der Waals surface area contributed by atoms with Gasteiger partial charge in [0.25, 0.3) is 0 Å². The van der Waals surface area contributed by atoms with Gasteiger partial charge in [-0.15, -0.1) is 0 Å². The second-order valence-corrected chi connectivity index (χ2v) is 7.23. The molecule has 0 aliphatic heterocycles. The molecule has 0 radical (unpaired) electrons. The molecule has 0 N–H and O–H groups in total. The lowest BCUT2D eigenvalue weighted by Gasteiger charge is -2.21. The maximum Gasteiger partial charge on any atom is 0.333 e. The number of fused-ring (bicyclic) bond motifs is 2. The fraction of sp³-hybridized carbons (Fsp3) is 0.789. The van der Waals surface area contributed by atoms with E-state index in [-0.39, 0.29) is 24.8 Å². The zero-order chi connectivity index (χ0) is 17.5. The van der Waals surface area contributed by atoms with E-state index < -0.39 is 0 Å². The topological polar surface area (TPSA) is 61.8 Å².